The molecule has 0 unspecified atom stereocenters. The molecular weight excluding hydrogens is 735 g/mol. The SMILES string of the molecule is CC1(C)c2ccccc2-c2ccc(-c3ccc(N(c4ccc(-c5ccc(-c6ccccc6)cc5)cc4)c4ccc5c(c4)C(C)(C)c4cccc(-c6ccccc6)c4-5)cc3)cc21. The van der Waals surface area contributed by atoms with E-state index < -0.39 is 0 Å². The lowest BCUT2D eigenvalue weighted by atomic mass is 9.81. The maximum Gasteiger partial charge on any atom is 0.0465 e. The van der Waals surface area contributed by atoms with Gasteiger partial charge in [0.05, 0.1) is 0 Å². The number of nitrogens with zero attached hydrogens (tertiary/aromatic N) is 1. The van der Waals surface area contributed by atoms with E-state index in [1.54, 1.807) is 0 Å². The van der Waals surface area contributed by atoms with Crippen LogP contribution in [0.25, 0.3) is 66.8 Å². The third-order valence-electron chi connectivity index (χ3n) is 13.5. The molecular formula is C60H47N. The van der Waals surface area contributed by atoms with Gasteiger partial charge in [0, 0.05) is 27.9 Å². The van der Waals surface area contributed by atoms with Crippen LogP contribution >= 0.6 is 0 Å². The molecule has 0 aliphatic heterocycles. The number of hydrogen-bond donors (Lipinski definition) is 0. The van der Waals surface area contributed by atoms with Gasteiger partial charge < -0.3 is 4.90 Å². The Morgan fingerprint density at radius 2 is 0.672 bits per heavy atom. The summed E-state index contributed by atoms with van der Waals surface area (Å²) >= 11 is 0. The Morgan fingerprint density at radius 3 is 1.31 bits per heavy atom. The van der Waals surface area contributed by atoms with Crippen molar-refractivity contribution in [3.63, 3.8) is 0 Å². The summed E-state index contributed by atoms with van der Waals surface area (Å²) in [7, 11) is 0. The lowest BCUT2D eigenvalue weighted by Crippen LogP contribution is -2.16. The molecule has 0 saturated heterocycles. The predicted octanol–water partition coefficient (Wildman–Crippen LogP) is 16.4. The molecule has 0 bridgehead atoms. The fourth-order valence-corrected chi connectivity index (χ4v) is 10.2. The molecule has 292 valence electrons. The molecule has 0 spiro atoms. The van der Waals surface area contributed by atoms with E-state index in [1.807, 2.05) is 0 Å². The lowest BCUT2D eigenvalue weighted by molar-refractivity contribution is 0.660. The topological polar surface area (TPSA) is 3.24 Å². The van der Waals surface area contributed by atoms with Gasteiger partial charge in [-0.25, -0.2) is 0 Å². The van der Waals surface area contributed by atoms with Gasteiger partial charge in [0.15, 0.2) is 0 Å². The summed E-state index contributed by atoms with van der Waals surface area (Å²) < 4.78 is 0. The van der Waals surface area contributed by atoms with Crippen LogP contribution in [0.1, 0.15) is 49.9 Å². The minimum Gasteiger partial charge on any atom is -0.310 e. The molecule has 2 aliphatic carbocycles. The highest BCUT2D eigenvalue weighted by Crippen LogP contribution is 2.54. The van der Waals surface area contributed by atoms with E-state index in [0.29, 0.717) is 0 Å². The van der Waals surface area contributed by atoms with Crippen LogP contribution in [0.3, 0.4) is 0 Å². The summed E-state index contributed by atoms with van der Waals surface area (Å²) in [5, 5.41) is 0. The van der Waals surface area contributed by atoms with Crippen molar-refractivity contribution < 1.29 is 0 Å². The standard InChI is InChI=1S/C60H47N/c1-59(2)54-20-12-11-18-51(54)52-36-30-46(38-56(52)59)44-28-33-48(34-29-44)61(47-31-26-43(27-32-47)42-24-22-41(23-25-42)40-14-7-5-8-15-40)49-35-37-53-57(39-49)60(3,4)55-21-13-19-50(58(53)55)45-16-9-6-10-17-45/h5-39H,1-4H3. The fourth-order valence-electron chi connectivity index (χ4n) is 10.2. The second-order valence-electron chi connectivity index (χ2n) is 17.8. The first-order valence-corrected chi connectivity index (χ1v) is 21.5. The highest BCUT2D eigenvalue weighted by molar-refractivity contribution is 5.94. The van der Waals surface area contributed by atoms with Gasteiger partial charge in [0.1, 0.15) is 0 Å². The molecule has 1 nitrogen and oxygen atoms in total. The zero-order valence-electron chi connectivity index (χ0n) is 35.2. The van der Waals surface area contributed by atoms with Crippen LogP contribution in [0.15, 0.2) is 212 Å². The summed E-state index contributed by atoms with van der Waals surface area (Å²) in [5.41, 5.74) is 23.9. The van der Waals surface area contributed by atoms with E-state index in [1.165, 1.54) is 89.0 Å². The number of rotatable bonds is 7. The second kappa shape index (κ2) is 14.2. The molecule has 0 heterocycles. The van der Waals surface area contributed by atoms with Crippen LogP contribution in [-0.4, -0.2) is 0 Å². The van der Waals surface area contributed by atoms with Crippen molar-refractivity contribution in [2.75, 3.05) is 4.90 Å². The van der Waals surface area contributed by atoms with E-state index in [2.05, 4.69) is 245 Å². The lowest BCUT2D eigenvalue weighted by Gasteiger charge is -2.28. The normalized spacial score (nSPS) is 13.8. The molecule has 0 saturated carbocycles. The van der Waals surface area contributed by atoms with Crippen LogP contribution in [-0.2, 0) is 10.8 Å². The summed E-state index contributed by atoms with van der Waals surface area (Å²) in [5.74, 6) is 0. The van der Waals surface area contributed by atoms with Gasteiger partial charge in [0.25, 0.3) is 0 Å². The Morgan fingerprint density at radius 1 is 0.262 bits per heavy atom. The molecule has 2 aliphatic rings. The van der Waals surface area contributed by atoms with E-state index in [9.17, 15) is 0 Å². The van der Waals surface area contributed by atoms with Crippen LogP contribution in [0.5, 0.6) is 0 Å². The van der Waals surface area contributed by atoms with Crippen molar-refractivity contribution in [1.29, 1.82) is 0 Å². The summed E-state index contributed by atoms with van der Waals surface area (Å²) in [6.07, 6.45) is 0. The van der Waals surface area contributed by atoms with Gasteiger partial charge in [-0.05, 0) is 131 Å². The summed E-state index contributed by atoms with van der Waals surface area (Å²) in [4.78, 5) is 2.42. The Bertz CT molecular complexity index is 3080. The van der Waals surface area contributed by atoms with Crippen LogP contribution in [0, 0.1) is 0 Å². The van der Waals surface area contributed by atoms with Crippen LogP contribution in [0.4, 0.5) is 17.1 Å². The van der Waals surface area contributed by atoms with E-state index in [4.69, 9.17) is 0 Å². The first-order valence-electron chi connectivity index (χ1n) is 21.5. The van der Waals surface area contributed by atoms with Gasteiger partial charge in [-0.1, -0.05) is 198 Å². The quantitative estimate of drug-likeness (QED) is 0.156. The summed E-state index contributed by atoms with van der Waals surface area (Å²) in [6.45, 7) is 9.46. The molecule has 9 aromatic rings. The van der Waals surface area contributed by atoms with Crippen molar-refractivity contribution in [2.45, 2.75) is 38.5 Å². The third-order valence-corrected chi connectivity index (χ3v) is 13.5. The highest BCUT2D eigenvalue weighted by atomic mass is 15.1. The fraction of sp³-hybridized carbons (Fsp3) is 0.100. The maximum absolute atomic E-state index is 2.44. The first-order chi connectivity index (χ1) is 29.8. The largest absolute Gasteiger partial charge is 0.310 e. The number of anilines is 3. The van der Waals surface area contributed by atoms with Crippen molar-refractivity contribution >= 4 is 17.1 Å². The Hall–Kier alpha value is -7.22. The van der Waals surface area contributed by atoms with Gasteiger partial charge in [-0.3, -0.25) is 0 Å². The molecule has 0 radical (unpaired) electrons. The molecule has 61 heavy (non-hydrogen) atoms. The predicted molar refractivity (Wildman–Crippen MR) is 258 cm³/mol. The molecule has 0 amide bonds. The van der Waals surface area contributed by atoms with Crippen LogP contribution in [0.2, 0.25) is 0 Å². The van der Waals surface area contributed by atoms with Crippen molar-refractivity contribution in [3.8, 4) is 66.8 Å². The minimum atomic E-state index is -0.169. The highest BCUT2D eigenvalue weighted by Gasteiger charge is 2.38. The molecule has 0 N–H and O–H groups in total. The Kier molecular flexibility index (Phi) is 8.58. The summed E-state index contributed by atoms with van der Waals surface area (Å²) in [6, 6.07) is 78.4. The van der Waals surface area contributed by atoms with Gasteiger partial charge >= 0.3 is 0 Å². The molecule has 0 fully saturated rings. The second-order valence-corrected chi connectivity index (χ2v) is 17.8. The first kappa shape index (κ1) is 36.8. The van der Waals surface area contributed by atoms with Gasteiger partial charge in [-0.15, -0.1) is 0 Å². The van der Waals surface area contributed by atoms with E-state index in [-0.39, 0.29) is 10.8 Å². The van der Waals surface area contributed by atoms with Crippen molar-refractivity contribution in [3.05, 3.63) is 235 Å². The van der Waals surface area contributed by atoms with E-state index in [0.717, 1.165) is 17.1 Å². The average molecular weight is 782 g/mol. The molecule has 9 aromatic carbocycles. The van der Waals surface area contributed by atoms with Gasteiger partial charge in [-0.2, -0.15) is 0 Å². The molecule has 1 heteroatoms. The Balaban J connectivity index is 0.989. The van der Waals surface area contributed by atoms with Crippen molar-refractivity contribution in [2.24, 2.45) is 0 Å². The number of fused-ring (bicyclic) bond motifs is 6. The molecule has 0 atom stereocenters. The molecule has 0 aromatic heterocycles. The molecule has 11 rings (SSSR count). The number of benzene rings is 9. The average Bonchev–Trinajstić information content (AvgIpc) is 3.69. The minimum absolute atomic E-state index is 0.0440. The number of hydrogen-bond acceptors (Lipinski definition) is 1. The monoisotopic (exact) mass is 781 g/mol. The van der Waals surface area contributed by atoms with Crippen molar-refractivity contribution in [1.82, 2.24) is 0 Å². The Labute approximate surface area is 360 Å². The zero-order valence-corrected chi connectivity index (χ0v) is 35.2. The maximum atomic E-state index is 2.44. The van der Waals surface area contributed by atoms with Crippen LogP contribution < -0.4 is 4.90 Å². The smallest absolute Gasteiger partial charge is 0.0465 e. The third kappa shape index (κ3) is 6.07. The van der Waals surface area contributed by atoms with Gasteiger partial charge in [0.2, 0.25) is 0 Å². The van der Waals surface area contributed by atoms with E-state index >= 15 is 0 Å². The zero-order chi connectivity index (χ0) is 41.3.